The summed E-state index contributed by atoms with van der Waals surface area (Å²) < 4.78 is 5.91. The molecule has 24 heavy (non-hydrogen) atoms. The van der Waals surface area contributed by atoms with Gasteiger partial charge in [0.05, 0.1) is 6.61 Å². The zero-order chi connectivity index (χ0) is 16.8. The molecular weight excluding hydrogens is 294 g/mol. The Morgan fingerprint density at radius 2 is 1.50 bits per heavy atom. The van der Waals surface area contributed by atoms with Gasteiger partial charge in [-0.2, -0.15) is 0 Å². The minimum absolute atomic E-state index is 0.796. The lowest BCUT2D eigenvalue weighted by atomic mass is 9.92. The maximum absolute atomic E-state index is 5.91. The van der Waals surface area contributed by atoms with E-state index in [0.717, 1.165) is 37.2 Å². The Balaban J connectivity index is 1.42. The van der Waals surface area contributed by atoms with Crippen molar-refractivity contribution >= 4 is 0 Å². The summed E-state index contributed by atoms with van der Waals surface area (Å²) in [6.07, 6.45) is 2.47. The van der Waals surface area contributed by atoms with Crippen molar-refractivity contribution in [3.8, 4) is 16.9 Å². The smallest absolute Gasteiger partial charge is 0.119 e. The summed E-state index contributed by atoms with van der Waals surface area (Å²) in [4.78, 5) is 2.60. The third-order valence-corrected chi connectivity index (χ3v) is 4.79. The summed E-state index contributed by atoms with van der Waals surface area (Å²) in [7, 11) is 0. The van der Waals surface area contributed by atoms with Crippen LogP contribution in [-0.4, -0.2) is 31.1 Å². The predicted octanol–water partition coefficient (Wildman–Crippen LogP) is 5.10. The van der Waals surface area contributed by atoms with Crippen molar-refractivity contribution in [3.05, 3.63) is 54.6 Å². The van der Waals surface area contributed by atoms with E-state index in [9.17, 15) is 0 Å². The molecular formula is C22H29NO. The molecule has 0 aromatic heterocycles. The van der Waals surface area contributed by atoms with Gasteiger partial charge >= 0.3 is 0 Å². The van der Waals surface area contributed by atoms with Gasteiger partial charge in [-0.15, -0.1) is 0 Å². The van der Waals surface area contributed by atoms with Crippen LogP contribution in [0, 0.1) is 11.8 Å². The van der Waals surface area contributed by atoms with Crippen molar-refractivity contribution in [3.63, 3.8) is 0 Å². The fraction of sp³-hybridized carbons (Fsp3) is 0.455. The second-order valence-electron chi connectivity index (χ2n) is 7.30. The third kappa shape index (κ3) is 4.85. The first-order valence-corrected chi connectivity index (χ1v) is 9.21. The summed E-state index contributed by atoms with van der Waals surface area (Å²) in [6, 6.07) is 18.9. The molecule has 2 nitrogen and oxygen atoms in total. The molecule has 0 bridgehead atoms. The van der Waals surface area contributed by atoms with Crippen LogP contribution in [0.15, 0.2) is 54.6 Å². The monoisotopic (exact) mass is 323 g/mol. The van der Waals surface area contributed by atoms with Crippen LogP contribution in [0.5, 0.6) is 5.75 Å². The van der Waals surface area contributed by atoms with E-state index >= 15 is 0 Å². The maximum Gasteiger partial charge on any atom is 0.119 e. The number of nitrogens with zero attached hydrogens (tertiary/aromatic N) is 1. The Morgan fingerprint density at radius 1 is 0.875 bits per heavy atom. The lowest BCUT2D eigenvalue weighted by Gasteiger charge is -2.34. The van der Waals surface area contributed by atoms with Crippen LogP contribution in [0.25, 0.3) is 11.1 Å². The molecule has 2 atom stereocenters. The second-order valence-corrected chi connectivity index (χ2v) is 7.30. The largest absolute Gasteiger partial charge is 0.494 e. The Bertz CT molecular complexity index is 598. The van der Waals surface area contributed by atoms with E-state index in [1.165, 1.54) is 30.6 Å². The van der Waals surface area contributed by atoms with E-state index in [0.29, 0.717) is 0 Å². The van der Waals surface area contributed by atoms with Crippen LogP contribution >= 0.6 is 0 Å². The first kappa shape index (κ1) is 17.0. The van der Waals surface area contributed by atoms with Crippen molar-refractivity contribution in [2.24, 2.45) is 11.8 Å². The van der Waals surface area contributed by atoms with E-state index in [1.54, 1.807) is 0 Å². The first-order valence-electron chi connectivity index (χ1n) is 9.21. The van der Waals surface area contributed by atoms with E-state index < -0.39 is 0 Å². The van der Waals surface area contributed by atoms with Gasteiger partial charge in [0.15, 0.2) is 0 Å². The molecule has 0 N–H and O–H groups in total. The molecule has 2 aromatic carbocycles. The molecule has 3 rings (SSSR count). The molecule has 1 saturated heterocycles. The van der Waals surface area contributed by atoms with Crippen LogP contribution in [0.3, 0.4) is 0 Å². The predicted molar refractivity (Wildman–Crippen MR) is 101 cm³/mol. The van der Waals surface area contributed by atoms with E-state index in [2.05, 4.69) is 67.3 Å². The van der Waals surface area contributed by atoms with Crippen LogP contribution in [0.1, 0.15) is 26.7 Å². The van der Waals surface area contributed by atoms with Crippen LogP contribution in [0.4, 0.5) is 0 Å². The fourth-order valence-corrected chi connectivity index (χ4v) is 3.83. The zero-order valence-corrected chi connectivity index (χ0v) is 14.9. The molecule has 0 unspecified atom stereocenters. The van der Waals surface area contributed by atoms with Gasteiger partial charge < -0.3 is 9.64 Å². The Morgan fingerprint density at radius 3 is 2.17 bits per heavy atom. The van der Waals surface area contributed by atoms with Crippen molar-refractivity contribution in [2.45, 2.75) is 26.7 Å². The normalized spacial score (nSPS) is 21.6. The lowest BCUT2D eigenvalue weighted by Crippen LogP contribution is -2.39. The number of likely N-dealkylation sites (tertiary alicyclic amines) is 1. The number of ether oxygens (including phenoxy) is 1. The van der Waals surface area contributed by atoms with E-state index in [1.807, 2.05) is 6.07 Å². The molecule has 2 heteroatoms. The van der Waals surface area contributed by atoms with Gasteiger partial charge in [-0.25, -0.2) is 0 Å². The van der Waals surface area contributed by atoms with E-state index in [-0.39, 0.29) is 0 Å². The molecule has 1 heterocycles. The van der Waals surface area contributed by atoms with Gasteiger partial charge in [0.2, 0.25) is 0 Å². The molecule has 1 fully saturated rings. The van der Waals surface area contributed by atoms with Crippen molar-refractivity contribution in [1.29, 1.82) is 0 Å². The van der Waals surface area contributed by atoms with Gasteiger partial charge in [0.25, 0.3) is 0 Å². The highest BCUT2D eigenvalue weighted by Gasteiger charge is 2.20. The van der Waals surface area contributed by atoms with Crippen LogP contribution in [0.2, 0.25) is 0 Å². The minimum Gasteiger partial charge on any atom is -0.494 e. The summed E-state index contributed by atoms with van der Waals surface area (Å²) in [5, 5.41) is 0. The average molecular weight is 323 g/mol. The van der Waals surface area contributed by atoms with Gasteiger partial charge in [-0.05, 0) is 47.9 Å². The Kier molecular flexibility index (Phi) is 5.92. The molecule has 2 aromatic rings. The lowest BCUT2D eigenvalue weighted by molar-refractivity contribution is 0.132. The quantitative estimate of drug-likeness (QED) is 0.686. The summed E-state index contributed by atoms with van der Waals surface area (Å²) in [5.41, 5.74) is 2.48. The van der Waals surface area contributed by atoms with Gasteiger partial charge in [0.1, 0.15) is 5.75 Å². The highest BCUT2D eigenvalue weighted by atomic mass is 16.5. The average Bonchev–Trinajstić information content (AvgIpc) is 2.59. The standard InChI is InChI=1S/C22H29NO/c1-18-15-19(2)17-23(16-18)13-6-14-24-22-11-9-21(10-12-22)20-7-4-3-5-8-20/h3-5,7-12,18-19H,6,13-17H2,1-2H3/t18-,19-/m0/s1. The van der Waals surface area contributed by atoms with Crippen molar-refractivity contribution in [2.75, 3.05) is 26.2 Å². The number of benzene rings is 2. The second kappa shape index (κ2) is 8.34. The minimum atomic E-state index is 0.796. The summed E-state index contributed by atoms with van der Waals surface area (Å²) >= 11 is 0. The number of rotatable bonds is 6. The van der Waals surface area contributed by atoms with Crippen LogP contribution < -0.4 is 4.74 Å². The summed E-state index contributed by atoms with van der Waals surface area (Å²) in [6.45, 7) is 9.17. The Labute approximate surface area is 146 Å². The fourth-order valence-electron chi connectivity index (χ4n) is 3.83. The van der Waals surface area contributed by atoms with Crippen molar-refractivity contribution in [1.82, 2.24) is 4.90 Å². The molecule has 128 valence electrons. The molecule has 0 spiro atoms. The van der Waals surface area contributed by atoms with Gasteiger partial charge in [-0.1, -0.05) is 56.3 Å². The maximum atomic E-state index is 5.91. The van der Waals surface area contributed by atoms with E-state index in [4.69, 9.17) is 4.74 Å². The molecule has 1 aliphatic rings. The summed E-state index contributed by atoms with van der Waals surface area (Å²) in [5.74, 6) is 2.63. The van der Waals surface area contributed by atoms with Crippen molar-refractivity contribution < 1.29 is 4.74 Å². The zero-order valence-electron chi connectivity index (χ0n) is 14.9. The SMILES string of the molecule is C[C@H]1C[C@H](C)CN(CCCOc2ccc(-c3ccccc3)cc2)C1. The topological polar surface area (TPSA) is 12.5 Å². The molecule has 0 amide bonds. The highest BCUT2D eigenvalue weighted by molar-refractivity contribution is 5.63. The third-order valence-electron chi connectivity index (χ3n) is 4.79. The highest BCUT2D eigenvalue weighted by Crippen LogP contribution is 2.23. The van der Waals surface area contributed by atoms with Gasteiger partial charge in [-0.3, -0.25) is 0 Å². The molecule has 0 saturated carbocycles. The van der Waals surface area contributed by atoms with Crippen LogP contribution in [-0.2, 0) is 0 Å². The first-order chi connectivity index (χ1) is 11.7. The Hall–Kier alpha value is -1.80. The molecule has 0 radical (unpaired) electrons. The number of piperidine rings is 1. The molecule has 1 aliphatic heterocycles. The van der Waals surface area contributed by atoms with Gasteiger partial charge in [0, 0.05) is 19.6 Å². The number of hydrogen-bond donors (Lipinski definition) is 0. The number of hydrogen-bond acceptors (Lipinski definition) is 2. The molecule has 0 aliphatic carbocycles.